The van der Waals surface area contributed by atoms with Crippen LogP contribution < -0.4 is 9.64 Å². The van der Waals surface area contributed by atoms with Gasteiger partial charge in [-0.15, -0.1) is 10.2 Å². The van der Waals surface area contributed by atoms with Gasteiger partial charge in [0.1, 0.15) is 35.6 Å². The van der Waals surface area contributed by atoms with E-state index in [1.165, 1.54) is 11.0 Å². The second kappa shape index (κ2) is 11.0. The van der Waals surface area contributed by atoms with E-state index in [9.17, 15) is 4.79 Å². The molecule has 1 atom stereocenters. The highest BCUT2D eigenvalue weighted by atomic mass is 19.1. The van der Waals surface area contributed by atoms with Crippen molar-refractivity contribution in [1.82, 2.24) is 24.6 Å². The van der Waals surface area contributed by atoms with Crippen molar-refractivity contribution in [1.29, 1.82) is 0 Å². The van der Waals surface area contributed by atoms with E-state index in [1.807, 2.05) is 40.0 Å². The summed E-state index contributed by atoms with van der Waals surface area (Å²) >= 11 is 0. The van der Waals surface area contributed by atoms with E-state index in [-0.39, 0.29) is 12.4 Å². The minimum Gasteiger partial charge on any atom is -0.493 e. The number of anilines is 1. The molecule has 0 bridgehead atoms. The molecule has 42 heavy (non-hydrogen) atoms. The van der Waals surface area contributed by atoms with Crippen LogP contribution in [0.15, 0.2) is 37.1 Å². The number of rotatable bonds is 5. The Balaban J connectivity index is 1.50. The highest BCUT2D eigenvalue weighted by Crippen LogP contribution is 2.44. The maximum absolute atomic E-state index is 15.7. The van der Waals surface area contributed by atoms with Gasteiger partial charge in [-0.05, 0) is 89.5 Å². The van der Waals surface area contributed by atoms with E-state index in [4.69, 9.17) is 9.47 Å². The molecule has 4 heterocycles. The Labute approximate surface area is 245 Å². The molecule has 0 radical (unpaired) electrons. The van der Waals surface area contributed by atoms with Crippen LogP contribution in [0, 0.1) is 18.7 Å². The maximum atomic E-state index is 15.7. The monoisotopic (exact) mass is 572 g/mol. The normalized spacial score (nSPS) is 17.2. The molecule has 4 aromatic rings. The Morgan fingerprint density at radius 1 is 1.19 bits per heavy atom. The Bertz CT molecular complexity index is 1640. The van der Waals surface area contributed by atoms with E-state index in [1.54, 1.807) is 23.1 Å². The van der Waals surface area contributed by atoms with Gasteiger partial charge in [-0.2, -0.15) is 0 Å². The van der Waals surface area contributed by atoms with Gasteiger partial charge in [-0.25, -0.2) is 19.2 Å². The third-order valence-corrected chi connectivity index (χ3v) is 8.00. The SMILES string of the molecule is Cc1cc(-c2cncnc2C2CC2)c2nncn2c1N(Cc1c(F)ccc2c1CC[C@@H](C)CCO2)C(=O)OC(C)(C)C. The Kier molecular flexibility index (Phi) is 7.32. The molecule has 1 saturated carbocycles. The van der Waals surface area contributed by atoms with Crippen LogP contribution in [0.2, 0.25) is 0 Å². The number of carbonyl (C=O) groups is 1. The van der Waals surface area contributed by atoms with Crippen LogP contribution in [0.25, 0.3) is 16.8 Å². The number of ether oxygens (including phenoxy) is 2. The summed E-state index contributed by atoms with van der Waals surface area (Å²) in [7, 11) is 0. The summed E-state index contributed by atoms with van der Waals surface area (Å²) in [4.78, 5) is 24.3. The average Bonchev–Trinajstić information content (AvgIpc) is 3.66. The highest BCUT2D eigenvalue weighted by molar-refractivity contribution is 5.91. The number of nitrogens with zero attached hydrogens (tertiary/aromatic N) is 6. The van der Waals surface area contributed by atoms with Crippen molar-refractivity contribution >= 4 is 17.6 Å². The van der Waals surface area contributed by atoms with Gasteiger partial charge in [0.25, 0.3) is 0 Å². The minimum absolute atomic E-state index is 0.0447. The molecule has 1 aliphatic heterocycles. The summed E-state index contributed by atoms with van der Waals surface area (Å²) in [5.41, 5.74) is 4.50. The lowest BCUT2D eigenvalue weighted by molar-refractivity contribution is 0.0575. The van der Waals surface area contributed by atoms with Gasteiger partial charge in [0.15, 0.2) is 5.65 Å². The fourth-order valence-electron chi connectivity index (χ4n) is 5.71. The van der Waals surface area contributed by atoms with Crippen LogP contribution in [0.5, 0.6) is 5.75 Å². The first-order valence-electron chi connectivity index (χ1n) is 14.7. The summed E-state index contributed by atoms with van der Waals surface area (Å²) < 4.78 is 29.4. The van der Waals surface area contributed by atoms with E-state index in [2.05, 4.69) is 27.1 Å². The average molecular weight is 573 g/mol. The molecule has 0 spiro atoms. The van der Waals surface area contributed by atoms with Crippen LogP contribution in [0.4, 0.5) is 15.0 Å². The number of pyridine rings is 1. The predicted molar refractivity (Wildman–Crippen MR) is 157 cm³/mol. The zero-order chi connectivity index (χ0) is 29.6. The van der Waals surface area contributed by atoms with Gasteiger partial charge < -0.3 is 9.47 Å². The van der Waals surface area contributed by atoms with Crippen LogP contribution in [0.1, 0.15) is 81.7 Å². The Morgan fingerprint density at radius 2 is 2.00 bits per heavy atom. The molecule has 1 aliphatic carbocycles. The zero-order valence-corrected chi connectivity index (χ0v) is 24.9. The fourth-order valence-corrected chi connectivity index (χ4v) is 5.71. The molecule has 0 unspecified atom stereocenters. The largest absolute Gasteiger partial charge is 0.493 e. The lowest BCUT2D eigenvalue weighted by Gasteiger charge is -2.30. The van der Waals surface area contributed by atoms with Crippen molar-refractivity contribution in [2.75, 3.05) is 11.5 Å². The summed E-state index contributed by atoms with van der Waals surface area (Å²) in [5, 5.41) is 8.67. The van der Waals surface area contributed by atoms with Gasteiger partial charge >= 0.3 is 6.09 Å². The fraction of sp³-hybridized carbons (Fsp3) is 0.469. The molecule has 1 amide bonds. The van der Waals surface area contributed by atoms with Crippen molar-refractivity contribution in [2.45, 2.75) is 84.8 Å². The number of fused-ring (bicyclic) bond motifs is 2. The van der Waals surface area contributed by atoms with Gasteiger partial charge in [0.05, 0.1) is 18.8 Å². The molecule has 3 aromatic heterocycles. The molecule has 6 rings (SSSR count). The Morgan fingerprint density at radius 3 is 2.76 bits per heavy atom. The topological polar surface area (TPSA) is 94.7 Å². The van der Waals surface area contributed by atoms with Crippen LogP contribution in [-0.4, -0.2) is 42.9 Å². The third kappa shape index (κ3) is 5.54. The van der Waals surface area contributed by atoms with Crippen LogP contribution >= 0.6 is 0 Å². The lowest BCUT2D eigenvalue weighted by atomic mass is 9.93. The summed E-state index contributed by atoms with van der Waals surface area (Å²) in [5.74, 6) is 1.64. The first kappa shape index (κ1) is 28.1. The summed E-state index contributed by atoms with van der Waals surface area (Å²) in [6.45, 7) is 10.1. The highest BCUT2D eigenvalue weighted by Gasteiger charge is 2.32. The quantitative estimate of drug-likeness (QED) is 0.259. The van der Waals surface area contributed by atoms with E-state index in [0.29, 0.717) is 47.6 Å². The zero-order valence-electron chi connectivity index (χ0n) is 24.9. The van der Waals surface area contributed by atoms with E-state index < -0.39 is 11.7 Å². The van der Waals surface area contributed by atoms with E-state index >= 15 is 4.39 Å². The van der Waals surface area contributed by atoms with Gasteiger partial charge in [0, 0.05) is 34.4 Å². The second-order valence-electron chi connectivity index (χ2n) is 12.5. The van der Waals surface area contributed by atoms with Crippen molar-refractivity contribution in [3.8, 4) is 16.9 Å². The molecule has 0 saturated heterocycles. The van der Waals surface area contributed by atoms with E-state index in [0.717, 1.165) is 53.6 Å². The number of hydrogen-bond donors (Lipinski definition) is 0. The summed E-state index contributed by atoms with van der Waals surface area (Å²) in [6.07, 6.45) is 9.07. The molecule has 220 valence electrons. The second-order valence-corrected chi connectivity index (χ2v) is 12.5. The van der Waals surface area contributed by atoms with Gasteiger partial charge in [-0.3, -0.25) is 9.30 Å². The van der Waals surface area contributed by atoms with Crippen molar-refractivity contribution in [2.24, 2.45) is 5.92 Å². The smallest absolute Gasteiger partial charge is 0.416 e. The van der Waals surface area contributed by atoms with Crippen molar-refractivity contribution in [3.05, 3.63) is 65.3 Å². The lowest BCUT2D eigenvalue weighted by Crippen LogP contribution is -2.38. The number of benzene rings is 1. The maximum Gasteiger partial charge on any atom is 0.416 e. The molecule has 9 nitrogen and oxygen atoms in total. The number of halogens is 1. The Hall–Kier alpha value is -4.08. The number of hydrogen-bond acceptors (Lipinski definition) is 7. The minimum atomic E-state index is -0.765. The molecule has 2 aliphatic rings. The molecule has 0 N–H and O–H groups in total. The first-order chi connectivity index (χ1) is 20.1. The van der Waals surface area contributed by atoms with Crippen molar-refractivity contribution in [3.63, 3.8) is 0 Å². The standard InChI is InChI=1S/C32H37FN6O3/c1-19-6-9-22-25(26(33)10-11-27(22)41-13-12-19)16-38(31(40)42-32(3,4)5)30-20(2)14-23(29-37-36-18-39(29)30)24-15-34-17-35-28(24)21-7-8-21/h10-11,14-15,17-19,21H,6-9,12-13,16H2,1-5H3/t19-/m1/s1. The number of aromatic nitrogens is 5. The van der Waals surface area contributed by atoms with Crippen molar-refractivity contribution < 1.29 is 18.7 Å². The number of aryl methyl sites for hydroxylation is 1. The van der Waals surface area contributed by atoms with Crippen LogP contribution in [0.3, 0.4) is 0 Å². The molecule has 10 heteroatoms. The molecule has 1 aromatic carbocycles. The molecule has 1 fully saturated rings. The van der Waals surface area contributed by atoms with Gasteiger partial charge in [0.2, 0.25) is 0 Å². The molecular weight excluding hydrogens is 535 g/mol. The number of amides is 1. The predicted octanol–water partition coefficient (Wildman–Crippen LogP) is 6.80. The van der Waals surface area contributed by atoms with Crippen LogP contribution in [-0.2, 0) is 17.7 Å². The third-order valence-electron chi connectivity index (χ3n) is 8.00. The van der Waals surface area contributed by atoms with Gasteiger partial charge in [-0.1, -0.05) is 6.92 Å². The number of carbonyl (C=O) groups excluding carboxylic acids is 1. The molecular formula is C32H37FN6O3. The first-order valence-corrected chi connectivity index (χ1v) is 14.7. The summed E-state index contributed by atoms with van der Waals surface area (Å²) in [6, 6.07) is 5.10.